The molecule has 0 radical (unpaired) electrons. The smallest absolute Gasteiger partial charge is 0.240 e. The van der Waals surface area contributed by atoms with Gasteiger partial charge in [-0.2, -0.15) is 0 Å². The van der Waals surface area contributed by atoms with E-state index < -0.39 is 10.0 Å². The molecule has 2 amide bonds. The molecule has 1 N–H and O–H groups in total. The van der Waals surface area contributed by atoms with Gasteiger partial charge in [-0.05, 0) is 43.0 Å². The van der Waals surface area contributed by atoms with E-state index in [2.05, 4.69) is 4.72 Å². The predicted molar refractivity (Wildman–Crippen MR) is 89.9 cm³/mol. The molecule has 0 unspecified atom stereocenters. The molecule has 1 saturated carbocycles. The van der Waals surface area contributed by atoms with E-state index in [0.29, 0.717) is 18.2 Å². The molecule has 0 spiro atoms. The summed E-state index contributed by atoms with van der Waals surface area (Å²) in [5, 5.41) is 0. The lowest BCUT2D eigenvalue weighted by atomic mass is 9.90. The Hall–Kier alpha value is -1.73. The van der Waals surface area contributed by atoms with Crippen LogP contribution in [0.5, 0.6) is 0 Å². The van der Waals surface area contributed by atoms with Crippen LogP contribution in [0.25, 0.3) is 0 Å². The number of imide groups is 1. The van der Waals surface area contributed by atoms with Crippen molar-refractivity contribution >= 4 is 27.5 Å². The van der Waals surface area contributed by atoms with Gasteiger partial charge in [-0.25, -0.2) is 13.1 Å². The molecule has 1 saturated heterocycles. The first-order chi connectivity index (χ1) is 11.5. The molecule has 6 nitrogen and oxygen atoms in total. The lowest BCUT2D eigenvalue weighted by molar-refractivity contribution is -0.121. The number of sulfonamides is 1. The minimum Gasteiger partial charge on any atom is -0.274 e. The first kappa shape index (κ1) is 17.1. The van der Waals surface area contributed by atoms with Crippen LogP contribution in [0.4, 0.5) is 5.69 Å². The number of carbonyl (C=O) groups excluding carboxylic acids is 2. The summed E-state index contributed by atoms with van der Waals surface area (Å²) in [6, 6.07) is 5.90. The summed E-state index contributed by atoms with van der Waals surface area (Å²) < 4.78 is 27.4. The molecule has 2 fully saturated rings. The summed E-state index contributed by atoms with van der Waals surface area (Å²) in [5.41, 5.74) is 0.425. The van der Waals surface area contributed by atoms with E-state index in [-0.39, 0.29) is 29.6 Å². The zero-order chi connectivity index (χ0) is 17.2. The molecule has 130 valence electrons. The van der Waals surface area contributed by atoms with Crippen LogP contribution in [0.15, 0.2) is 29.2 Å². The maximum Gasteiger partial charge on any atom is 0.240 e. The summed E-state index contributed by atoms with van der Waals surface area (Å²) in [6.45, 7) is 0.465. The predicted octanol–water partition coefficient (Wildman–Crippen LogP) is 2.20. The van der Waals surface area contributed by atoms with Gasteiger partial charge in [0.05, 0.1) is 10.6 Å². The molecule has 1 aromatic rings. The number of benzene rings is 1. The van der Waals surface area contributed by atoms with Crippen LogP contribution in [0.3, 0.4) is 0 Å². The summed E-state index contributed by atoms with van der Waals surface area (Å²) in [4.78, 5) is 24.7. The molecule has 7 heteroatoms. The maximum atomic E-state index is 12.4. The summed E-state index contributed by atoms with van der Waals surface area (Å²) in [7, 11) is -3.57. The van der Waals surface area contributed by atoms with E-state index in [1.54, 1.807) is 0 Å². The quantitative estimate of drug-likeness (QED) is 0.825. The third-order valence-corrected chi connectivity index (χ3v) is 6.18. The topological polar surface area (TPSA) is 83.6 Å². The van der Waals surface area contributed by atoms with Crippen LogP contribution in [0.2, 0.25) is 0 Å². The van der Waals surface area contributed by atoms with Crippen LogP contribution < -0.4 is 9.62 Å². The monoisotopic (exact) mass is 350 g/mol. The van der Waals surface area contributed by atoms with Gasteiger partial charge in [-0.3, -0.25) is 14.5 Å². The first-order valence-corrected chi connectivity index (χ1v) is 9.91. The van der Waals surface area contributed by atoms with E-state index in [1.807, 2.05) is 0 Å². The average molecular weight is 350 g/mol. The molecule has 1 aromatic carbocycles. The third kappa shape index (κ3) is 3.67. The Morgan fingerprint density at radius 1 is 0.958 bits per heavy atom. The highest BCUT2D eigenvalue weighted by molar-refractivity contribution is 7.89. The zero-order valence-corrected chi connectivity index (χ0v) is 14.3. The Kier molecular flexibility index (Phi) is 5.01. The van der Waals surface area contributed by atoms with Gasteiger partial charge in [-0.15, -0.1) is 0 Å². The largest absolute Gasteiger partial charge is 0.274 e. The molecular formula is C17H22N2O4S. The molecule has 1 aliphatic heterocycles. The van der Waals surface area contributed by atoms with Crippen molar-refractivity contribution in [3.63, 3.8) is 0 Å². The summed E-state index contributed by atoms with van der Waals surface area (Å²) in [5.74, 6) is -0.0790. The number of anilines is 1. The lowest BCUT2D eigenvalue weighted by Crippen LogP contribution is -2.31. The number of hydrogen-bond acceptors (Lipinski definition) is 4. The fraction of sp³-hybridized carbons (Fsp3) is 0.529. The van der Waals surface area contributed by atoms with Gasteiger partial charge >= 0.3 is 0 Å². The van der Waals surface area contributed by atoms with Crippen molar-refractivity contribution < 1.29 is 18.0 Å². The van der Waals surface area contributed by atoms with Crippen molar-refractivity contribution in [2.24, 2.45) is 5.92 Å². The van der Waals surface area contributed by atoms with Crippen molar-refractivity contribution in [2.45, 2.75) is 49.8 Å². The SMILES string of the molecule is O=C1CCC(=O)N1c1ccc(S(=O)(=O)NCC2CCCCC2)cc1. The molecular weight excluding hydrogens is 328 g/mol. The number of amides is 2. The molecule has 0 bridgehead atoms. The molecule has 0 aromatic heterocycles. The van der Waals surface area contributed by atoms with Crippen molar-refractivity contribution in [3.8, 4) is 0 Å². The zero-order valence-electron chi connectivity index (χ0n) is 13.5. The van der Waals surface area contributed by atoms with E-state index in [0.717, 1.165) is 17.7 Å². The average Bonchev–Trinajstić information content (AvgIpc) is 2.93. The van der Waals surface area contributed by atoms with Gasteiger partial charge in [0.15, 0.2) is 0 Å². The number of carbonyl (C=O) groups is 2. The van der Waals surface area contributed by atoms with Crippen molar-refractivity contribution in [3.05, 3.63) is 24.3 Å². The van der Waals surface area contributed by atoms with E-state index in [9.17, 15) is 18.0 Å². The van der Waals surface area contributed by atoms with Crippen molar-refractivity contribution in [1.29, 1.82) is 0 Å². The second-order valence-corrected chi connectivity index (χ2v) is 8.24. The van der Waals surface area contributed by atoms with E-state index >= 15 is 0 Å². The number of nitrogens with zero attached hydrogens (tertiary/aromatic N) is 1. The van der Waals surface area contributed by atoms with Crippen LogP contribution >= 0.6 is 0 Å². The standard InChI is InChI=1S/C17H22N2O4S/c20-16-10-11-17(21)19(16)14-6-8-15(9-7-14)24(22,23)18-12-13-4-2-1-3-5-13/h6-9,13,18H,1-5,10-12H2. The molecule has 0 atom stereocenters. The van der Waals surface area contributed by atoms with Crippen LogP contribution in [-0.4, -0.2) is 26.8 Å². The second kappa shape index (κ2) is 7.03. The Labute approximate surface area is 142 Å². The Morgan fingerprint density at radius 3 is 2.12 bits per heavy atom. The van der Waals surface area contributed by atoms with Gasteiger partial charge in [0.25, 0.3) is 0 Å². The summed E-state index contributed by atoms with van der Waals surface area (Å²) in [6.07, 6.45) is 6.13. The van der Waals surface area contributed by atoms with Gasteiger partial charge in [-0.1, -0.05) is 19.3 Å². The van der Waals surface area contributed by atoms with Crippen molar-refractivity contribution in [1.82, 2.24) is 4.72 Å². The number of nitrogens with one attached hydrogen (secondary N) is 1. The highest BCUT2D eigenvalue weighted by Gasteiger charge is 2.30. The van der Waals surface area contributed by atoms with E-state index in [1.165, 1.54) is 43.5 Å². The second-order valence-electron chi connectivity index (χ2n) is 6.47. The lowest BCUT2D eigenvalue weighted by Gasteiger charge is -2.21. The summed E-state index contributed by atoms with van der Waals surface area (Å²) >= 11 is 0. The Bertz CT molecular complexity index is 705. The van der Waals surface area contributed by atoms with Gasteiger partial charge in [0.2, 0.25) is 21.8 Å². The van der Waals surface area contributed by atoms with Crippen molar-refractivity contribution in [2.75, 3.05) is 11.4 Å². The molecule has 2 aliphatic rings. The van der Waals surface area contributed by atoms with Crippen LogP contribution in [-0.2, 0) is 19.6 Å². The Morgan fingerprint density at radius 2 is 1.54 bits per heavy atom. The fourth-order valence-corrected chi connectivity index (χ4v) is 4.46. The maximum absolute atomic E-state index is 12.4. The van der Waals surface area contributed by atoms with Gasteiger partial charge in [0.1, 0.15) is 0 Å². The normalized spacial score (nSPS) is 19.9. The van der Waals surface area contributed by atoms with E-state index in [4.69, 9.17) is 0 Å². The Balaban J connectivity index is 1.67. The highest BCUT2D eigenvalue weighted by Crippen LogP contribution is 2.25. The molecule has 1 heterocycles. The molecule has 3 rings (SSSR count). The highest BCUT2D eigenvalue weighted by atomic mass is 32.2. The molecule has 24 heavy (non-hydrogen) atoms. The first-order valence-electron chi connectivity index (χ1n) is 8.43. The minimum absolute atomic E-state index is 0.154. The number of rotatable bonds is 5. The van der Waals surface area contributed by atoms with Gasteiger partial charge < -0.3 is 0 Å². The fourth-order valence-electron chi connectivity index (χ4n) is 3.34. The van der Waals surface area contributed by atoms with Crippen LogP contribution in [0.1, 0.15) is 44.9 Å². The van der Waals surface area contributed by atoms with Gasteiger partial charge in [0, 0.05) is 19.4 Å². The number of hydrogen-bond donors (Lipinski definition) is 1. The minimum atomic E-state index is -3.57. The third-order valence-electron chi connectivity index (χ3n) is 4.74. The molecule has 1 aliphatic carbocycles. The van der Waals surface area contributed by atoms with Crippen LogP contribution in [0, 0.1) is 5.92 Å².